The van der Waals surface area contributed by atoms with E-state index in [1.807, 2.05) is 49.4 Å². The highest BCUT2D eigenvalue weighted by Crippen LogP contribution is 2.20. The number of benzene rings is 2. The monoisotopic (exact) mass is 291 g/mol. The predicted octanol–water partition coefficient (Wildman–Crippen LogP) is 4.08. The van der Waals surface area contributed by atoms with Crippen molar-refractivity contribution in [2.75, 3.05) is 18.9 Å². The summed E-state index contributed by atoms with van der Waals surface area (Å²) in [5, 5.41) is 0.708. The molecule has 2 N–H and O–H groups in total. The molecule has 0 bridgehead atoms. The minimum absolute atomic E-state index is 0.607. The van der Waals surface area contributed by atoms with Gasteiger partial charge in [-0.1, -0.05) is 11.6 Å². The van der Waals surface area contributed by atoms with E-state index in [9.17, 15) is 0 Å². The van der Waals surface area contributed by atoms with Gasteiger partial charge in [-0.05, 0) is 55.0 Å². The molecule has 106 valence electrons. The van der Waals surface area contributed by atoms with Crippen LogP contribution >= 0.6 is 11.6 Å². The van der Waals surface area contributed by atoms with E-state index >= 15 is 0 Å². The van der Waals surface area contributed by atoms with Gasteiger partial charge in [0.2, 0.25) is 0 Å². The molecular formula is C16H18ClNO2. The average Bonchev–Trinajstić information content (AvgIpc) is 2.42. The molecule has 0 saturated carbocycles. The van der Waals surface area contributed by atoms with Gasteiger partial charge >= 0.3 is 0 Å². The van der Waals surface area contributed by atoms with E-state index in [1.165, 1.54) is 0 Å². The Bertz CT molecular complexity index is 555. The summed E-state index contributed by atoms with van der Waals surface area (Å²) in [6.45, 7) is 3.20. The topological polar surface area (TPSA) is 44.5 Å². The Morgan fingerprint density at radius 1 is 1.00 bits per heavy atom. The summed E-state index contributed by atoms with van der Waals surface area (Å²) in [6.07, 6.45) is 0.812. The largest absolute Gasteiger partial charge is 0.493 e. The smallest absolute Gasteiger partial charge is 0.122 e. The van der Waals surface area contributed by atoms with Crippen molar-refractivity contribution in [1.82, 2.24) is 0 Å². The zero-order valence-electron chi connectivity index (χ0n) is 11.4. The summed E-state index contributed by atoms with van der Waals surface area (Å²) in [6, 6.07) is 13.0. The number of nitrogens with two attached hydrogens (primary N) is 1. The lowest BCUT2D eigenvalue weighted by molar-refractivity contribution is 0.246. The standard InChI is InChI=1S/C16H18ClNO2/c1-12-11-14(18)5-8-16(12)20-10-2-9-19-15-6-3-13(17)4-7-15/h3-8,11H,2,9-10,18H2,1H3. The Balaban J connectivity index is 1.70. The fourth-order valence-corrected chi connectivity index (χ4v) is 1.92. The van der Waals surface area contributed by atoms with Crippen molar-refractivity contribution < 1.29 is 9.47 Å². The minimum Gasteiger partial charge on any atom is -0.493 e. The van der Waals surface area contributed by atoms with Gasteiger partial charge in [-0.2, -0.15) is 0 Å². The van der Waals surface area contributed by atoms with Gasteiger partial charge in [-0.3, -0.25) is 0 Å². The second kappa shape index (κ2) is 7.06. The highest BCUT2D eigenvalue weighted by atomic mass is 35.5. The van der Waals surface area contributed by atoms with Crippen LogP contribution < -0.4 is 15.2 Å². The van der Waals surface area contributed by atoms with Crippen molar-refractivity contribution in [3.63, 3.8) is 0 Å². The molecule has 0 spiro atoms. The van der Waals surface area contributed by atoms with Gasteiger partial charge in [0.25, 0.3) is 0 Å². The lowest BCUT2D eigenvalue weighted by atomic mass is 10.2. The quantitative estimate of drug-likeness (QED) is 0.644. The highest BCUT2D eigenvalue weighted by Gasteiger charge is 2.00. The zero-order chi connectivity index (χ0) is 14.4. The summed E-state index contributed by atoms with van der Waals surface area (Å²) >= 11 is 5.80. The summed E-state index contributed by atoms with van der Waals surface area (Å²) in [5.41, 5.74) is 7.49. The summed E-state index contributed by atoms with van der Waals surface area (Å²) < 4.78 is 11.3. The molecule has 3 nitrogen and oxygen atoms in total. The van der Waals surface area contributed by atoms with Gasteiger partial charge in [0.1, 0.15) is 11.5 Å². The molecule has 0 atom stereocenters. The predicted molar refractivity (Wildman–Crippen MR) is 82.7 cm³/mol. The molecule has 0 heterocycles. The van der Waals surface area contributed by atoms with E-state index in [2.05, 4.69) is 0 Å². The van der Waals surface area contributed by atoms with Crippen molar-refractivity contribution in [3.8, 4) is 11.5 Å². The molecule has 0 saturated heterocycles. The number of aryl methyl sites for hydroxylation is 1. The molecule has 0 amide bonds. The third kappa shape index (κ3) is 4.35. The van der Waals surface area contributed by atoms with Crippen molar-refractivity contribution in [1.29, 1.82) is 0 Å². The summed E-state index contributed by atoms with van der Waals surface area (Å²) in [4.78, 5) is 0. The maximum Gasteiger partial charge on any atom is 0.122 e. The van der Waals surface area contributed by atoms with Crippen LogP contribution in [-0.2, 0) is 0 Å². The van der Waals surface area contributed by atoms with Crippen LogP contribution in [0.3, 0.4) is 0 Å². The molecule has 2 rings (SSSR count). The number of ether oxygens (including phenoxy) is 2. The molecule has 0 unspecified atom stereocenters. The minimum atomic E-state index is 0.607. The lowest BCUT2D eigenvalue weighted by Gasteiger charge is -2.10. The van der Waals surface area contributed by atoms with Gasteiger partial charge < -0.3 is 15.2 Å². The molecule has 4 heteroatoms. The van der Waals surface area contributed by atoms with Crippen LogP contribution in [0.15, 0.2) is 42.5 Å². The van der Waals surface area contributed by atoms with Crippen LogP contribution in [0, 0.1) is 6.92 Å². The van der Waals surface area contributed by atoms with Crippen LogP contribution in [0.4, 0.5) is 5.69 Å². The van der Waals surface area contributed by atoms with Crippen LogP contribution in [0.2, 0.25) is 5.02 Å². The van der Waals surface area contributed by atoms with Crippen LogP contribution in [0.25, 0.3) is 0 Å². The molecule has 2 aromatic carbocycles. The van der Waals surface area contributed by atoms with E-state index in [4.69, 9.17) is 26.8 Å². The lowest BCUT2D eigenvalue weighted by Crippen LogP contribution is -2.05. The highest BCUT2D eigenvalue weighted by molar-refractivity contribution is 6.30. The van der Waals surface area contributed by atoms with Gasteiger partial charge in [0.05, 0.1) is 13.2 Å². The van der Waals surface area contributed by atoms with Crippen molar-refractivity contribution in [2.24, 2.45) is 0 Å². The average molecular weight is 292 g/mol. The van der Waals surface area contributed by atoms with Crippen LogP contribution in [-0.4, -0.2) is 13.2 Å². The van der Waals surface area contributed by atoms with Crippen LogP contribution in [0.1, 0.15) is 12.0 Å². The van der Waals surface area contributed by atoms with E-state index in [0.29, 0.717) is 18.2 Å². The first kappa shape index (κ1) is 14.5. The molecule has 20 heavy (non-hydrogen) atoms. The Labute approximate surface area is 124 Å². The van der Waals surface area contributed by atoms with Gasteiger partial charge in [0, 0.05) is 17.1 Å². The molecule has 0 aliphatic heterocycles. The second-order valence-corrected chi connectivity index (χ2v) is 4.97. The Kier molecular flexibility index (Phi) is 5.13. The first-order chi connectivity index (χ1) is 9.65. The van der Waals surface area contributed by atoms with E-state index in [1.54, 1.807) is 0 Å². The summed E-state index contributed by atoms with van der Waals surface area (Å²) in [5.74, 6) is 1.68. The Hall–Kier alpha value is -1.87. The molecule has 0 aliphatic rings. The van der Waals surface area contributed by atoms with E-state index < -0.39 is 0 Å². The second-order valence-electron chi connectivity index (χ2n) is 4.53. The van der Waals surface area contributed by atoms with Crippen LogP contribution in [0.5, 0.6) is 11.5 Å². The number of nitrogen functional groups attached to an aromatic ring is 1. The maximum atomic E-state index is 5.80. The third-order valence-corrected chi connectivity index (χ3v) is 3.08. The molecule has 0 aliphatic carbocycles. The van der Waals surface area contributed by atoms with Gasteiger partial charge in [-0.15, -0.1) is 0 Å². The van der Waals surface area contributed by atoms with Crippen molar-refractivity contribution in [3.05, 3.63) is 53.1 Å². The molecule has 0 radical (unpaired) electrons. The van der Waals surface area contributed by atoms with Gasteiger partial charge in [-0.25, -0.2) is 0 Å². The number of anilines is 1. The number of halogens is 1. The molecule has 2 aromatic rings. The van der Waals surface area contributed by atoms with Gasteiger partial charge in [0.15, 0.2) is 0 Å². The maximum absolute atomic E-state index is 5.80. The Morgan fingerprint density at radius 2 is 1.70 bits per heavy atom. The van der Waals surface area contributed by atoms with Crippen molar-refractivity contribution >= 4 is 17.3 Å². The van der Waals surface area contributed by atoms with E-state index in [0.717, 1.165) is 29.2 Å². The zero-order valence-corrected chi connectivity index (χ0v) is 12.2. The normalized spacial score (nSPS) is 10.3. The fourth-order valence-electron chi connectivity index (χ4n) is 1.80. The summed E-state index contributed by atoms with van der Waals surface area (Å²) in [7, 11) is 0. The third-order valence-electron chi connectivity index (χ3n) is 2.83. The van der Waals surface area contributed by atoms with E-state index in [-0.39, 0.29) is 0 Å². The van der Waals surface area contributed by atoms with Crippen molar-refractivity contribution in [2.45, 2.75) is 13.3 Å². The number of hydrogen-bond acceptors (Lipinski definition) is 3. The number of rotatable bonds is 6. The number of hydrogen-bond donors (Lipinski definition) is 1. The molecule has 0 aromatic heterocycles. The SMILES string of the molecule is Cc1cc(N)ccc1OCCCOc1ccc(Cl)cc1. The first-order valence-electron chi connectivity index (χ1n) is 6.52. The fraction of sp³-hybridized carbons (Fsp3) is 0.250. The Morgan fingerprint density at radius 3 is 2.40 bits per heavy atom. The first-order valence-corrected chi connectivity index (χ1v) is 6.90. The molecular weight excluding hydrogens is 274 g/mol. The molecule has 0 fully saturated rings.